The number of rotatable bonds is 5. The van der Waals surface area contributed by atoms with E-state index in [0.29, 0.717) is 21.8 Å². The number of hydrogen-bond donors (Lipinski definition) is 3. The average molecular weight is 532 g/mol. The molecule has 1 spiro atoms. The number of nitro groups is 1. The van der Waals surface area contributed by atoms with Crippen LogP contribution < -0.4 is 21.3 Å². The van der Waals surface area contributed by atoms with Crippen molar-refractivity contribution in [3.05, 3.63) is 61.6 Å². The highest BCUT2D eigenvalue weighted by atomic mass is 35.5. The van der Waals surface area contributed by atoms with Gasteiger partial charge in [-0.25, -0.2) is 4.90 Å². The summed E-state index contributed by atoms with van der Waals surface area (Å²) in [5.74, 6) is -4.70. The van der Waals surface area contributed by atoms with Gasteiger partial charge >= 0.3 is 0 Å². The van der Waals surface area contributed by atoms with Gasteiger partial charge < -0.3 is 11.1 Å². The topological polar surface area (TPSA) is 165 Å². The van der Waals surface area contributed by atoms with Crippen LogP contribution in [0, 0.1) is 28.9 Å². The van der Waals surface area contributed by atoms with Gasteiger partial charge in [0, 0.05) is 29.1 Å². The maximum atomic E-state index is 13.9. The van der Waals surface area contributed by atoms with Gasteiger partial charge in [-0.3, -0.25) is 34.6 Å². The molecule has 2 saturated heterocycles. The number of carbonyl (C=O) groups is 4. The Labute approximate surface area is 214 Å². The van der Waals surface area contributed by atoms with E-state index in [0.717, 1.165) is 11.0 Å². The molecule has 0 bridgehead atoms. The number of benzene rings is 2. The summed E-state index contributed by atoms with van der Waals surface area (Å²) in [7, 11) is 0. The molecule has 186 valence electrons. The minimum Gasteiger partial charge on any atom is -0.370 e. The van der Waals surface area contributed by atoms with Gasteiger partial charge in [0.15, 0.2) is 0 Å². The number of primary amides is 1. The first-order chi connectivity index (χ1) is 17.0. The first kappa shape index (κ1) is 24.2. The minimum absolute atomic E-state index is 0.0368. The van der Waals surface area contributed by atoms with Gasteiger partial charge in [-0.15, -0.1) is 0 Å². The molecular formula is C23H19Cl2N5O6. The van der Waals surface area contributed by atoms with Crippen molar-refractivity contribution in [2.45, 2.75) is 31.3 Å². The van der Waals surface area contributed by atoms with E-state index in [1.807, 2.05) is 0 Å². The van der Waals surface area contributed by atoms with Crippen LogP contribution in [-0.4, -0.2) is 34.6 Å². The van der Waals surface area contributed by atoms with Crippen molar-refractivity contribution in [3.63, 3.8) is 0 Å². The summed E-state index contributed by atoms with van der Waals surface area (Å²) in [6.07, 6.45) is 0.0139. The number of nitrogens with two attached hydrogens (primary N) is 1. The van der Waals surface area contributed by atoms with E-state index in [9.17, 15) is 29.3 Å². The highest BCUT2D eigenvalue weighted by molar-refractivity contribution is 6.33. The molecule has 0 saturated carbocycles. The molecule has 0 radical (unpaired) electrons. The van der Waals surface area contributed by atoms with Crippen LogP contribution in [0.5, 0.6) is 0 Å². The molecule has 5 rings (SSSR count). The molecule has 3 heterocycles. The molecule has 0 unspecified atom stereocenters. The summed E-state index contributed by atoms with van der Waals surface area (Å²) in [4.78, 5) is 64.2. The summed E-state index contributed by atoms with van der Waals surface area (Å²) < 4.78 is 0. The Morgan fingerprint density at radius 2 is 1.86 bits per heavy atom. The van der Waals surface area contributed by atoms with Crippen molar-refractivity contribution >= 4 is 63.9 Å². The number of nitrogens with one attached hydrogen (secondary N) is 2. The lowest BCUT2D eigenvalue weighted by Gasteiger charge is -2.29. The third kappa shape index (κ3) is 3.23. The molecule has 4 N–H and O–H groups in total. The maximum Gasteiger partial charge on any atom is 0.289 e. The Morgan fingerprint density at radius 3 is 2.53 bits per heavy atom. The Bertz CT molecular complexity index is 1400. The standard InChI is InChI=1S/C23H19Cl2N5O6/c1-9-12(24)5-3-11-19(9)27-22(34)23(11)18-17(14(28-23)6-7-16(26)31)20(32)29(21(18)33)10-2-4-13(25)15(8-10)30(35)36/h2-5,8,14,17-18,28H,6-7H2,1H3,(H2,26,31)(H,27,34)/t14-,17+,18-,23+/m0/s1. The Kier molecular flexibility index (Phi) is 5.54. The van der Waals surface area contributed by atoms with Crippen LogP contribution in [0.25, 0.3) is 0 Å². The third-order valence-electron chi connectivity index (χ3n) is 7.17. The molecule has 2 aromatic rings. The highest BCUT2D eigenvalue weighted by Gasteiger charge is 2.70. The molecule has 0 aliphatic carbocycles. The van der Waals surface area contributed by atoms with Crippen molar-refractivity contribution in [3.8, 4) is 0 Å². The quantitative estimate of drug-likeness (QED) is 0.302. The lowest BCUT2D eigenvalue weighted by atomic mass is 9.76. The van der Waals surface area contributed by atoms with E-state index in [1.54, 1.807) is 19.1 Å². The van der Waals surface area contributed by atoms with Crippen molar-refractivity contribution < 1.29 is 24.1 Å². The number of nitro benzene ring substituents is 1. The molecule has 3 aliphatic heterocycles. The van der Waals surface area contributed by atoms with E-state index in [2.05, 4.69) is 10.6 Å². The predicted molar refractivity (Wildman–Crippen MR) is 129 cm³/mol. The van der Waals surface area contributed by atoms with Crippen LogP contribution in [-0.2, 0) is 24.7 Å². The Balaban J connectivity index is 1.67. The molecule has 4 atom stereocenters. The van der Waals surface area contributed by atoms with Crippen LogP contribution in [0.15, 0.2) is 30.3 Å². The molecule has 4 amide bonds. The van der Waals surface area contributed by atoms with Gasteiger partial charge in [0.05, 0.1) is 28.1 Å². The number of imide groups is 1. The molecule has 2 fully saturated rings. The number of carbonyl (C=O) groups excluding carboxylic acids is 4. The molecule has 0 aromatic heterocycles. The van der Waals surface area contributed by atoms with Crippen molar-refractivity contribution in [2.75, 3.05) is 10.2 Å². The third-order valence-corrected chi connectivity index (χ3v) is 7.90. The number of fused-ring (bicyclic) bond motifs is 4. The SMILES string of the molecule is Cc1c(Cl)ccc2c1NC(=O)[C@@]21N[C@@H](CCC(N)=O)[C@H]2C(=O)N(c3ccc(Cl)c([N+](=O)[O-])c3)C(=O)[C@H]21. The number of hydrogen-bond acceptors (Lipinski definition) is 7. The number of nitrogens with zero attached hydrogens (tertiary/aromatic N) is 2. The van der Waals surface area contributed by atoms with E-state index in [1.165, 1.54) is 12.1 Å². The van der Waals surface area contributed by atoms with Crippen LogP contribution in [0.4, 0.5) is 17.1 Å². The lowest BCUT2D eigenvalue weighted by molar-refractivity contribution is -0.384. The second-order valence-electron chi connectivity index (χ2n) is 9.02. The zero-order chi connectivity index (χ0) is 26.1. The van der Waals surface area contributed by atoms with Crippen LogP contribution in [0.3, 0.4) is 0 Å². The molecule has 2 aromatic carbocycles. The van der Waals surface area contributed by atoms with Crippen molar-refractivity contribution in [1.82, 2.24) is 5.32 Å². The van der Waals surface area contributed by atoms with Gasteiger partial charge in [-0.2, -0.15) is 0 Å². The molecular weight excluding hydrogens is 513 g/mol. The first-order valence-electron chi connectivity index (χ1n) is 11.0. The highest BCUT2D eigenvalue weighted by Crippen LogP contribution is 2.55. The molecule has 36 heavy (non-hydrogen) atoms. The summed E-state index contributed by atoms with van der Waals surface area (Å²) in [5.41, 5.74) is 4.70. The van der Waals surface area contributed by atoms with E-state index in [4.69, 9.17) is 28.9 Å². The smallest absolute Gasteiger partial charge is 0.289 e. The minimum atomic E-state index is -1.61. The Hall–Kier alpha value is -3.54. The Morgan fingerprint density at radius 1 is 1.17 bits per heavy atom. The van der Waals surface area contributed by atoms with Gasteiger partial charge in [0.25, 0.3) is 5.69 Å². The first-order valence-corrected chi connectivity index (χ1v) is 11.7. The molecule has 13 heteroatoms. The van der Waals surface area contributed by atoms with Gasteiger partial charge in [0.1, 0.15) is 10.6 Å². The second kappa shape index (κ2) is 8.26. The zero-order valence-electron chi connectivity index (χ0n) is 18.7. The number of anilines is 2. The fraction of sp³-hybridized carbons (Fsp3) is 0.304. The molecule has 3 aliphatic rings. The van der Waals surface area contributed by atoms with Crippen LogP contribution >= 0.6 is 23.2 Å². The average Bonchev–Trinajstić information content (AvgIpc) is 3.40. The monoisotopic (exact) mass is 531 g/mol. The second-order valence-corrected chi connectivity index (χ2v) is 9.84. The van der Waals surface area contributed by atoms with Crippen molar-refractivity contribution in [1.29, 1.82) is 0 Å². The van der Waals surface area contributed by atoms with Gasteiger partial charge in [-0.1, -0.05) is 29.3 Å². The fourth-order valence-electron chi connectivity index (χ4n) is 5.57. The van der Waals surface area contributed by atoms with Gasteiger partial charge in [0.2, 0.25) is 23.6 Å². The maximum absolute atomic E-state index is 13.9. The lowest BCUT2D eigenvalue weighted by Crippen LogP contribution is -2.53. The summed E-state index contributed by atoms with van der Waals surface area (Å²) in [6, 6.07) is 6.08. The summed E-state index contributed by atoms with van der Waals surface area (Å²) in [5, 5.41) is 17.6. The van der Waals surface area contributed by atoms with Crippen LogP contribution in [0.1, 0.15) is 24.0 Å². The van der Waals surface area contributed by atoms with E-state index >= 15 is 0 Å². The van der Waals surface area contributed by atoms with E-state index in [-0.39, 0.29) is 23.6 Å². The number of amides is 4. The van der Waals surface area contributed by atoms with E-state index < -0.39 is 57.7 Å². The molecule has 11 nitrogen and oxygen atoms in total. The zero-order valence-corrected chi connectivity index (χ0v) is 20.2. The van der Waals surface area contributed by atoms with Gasteiger partial charge in [-0.05, 0) is 37.1 Å². The summed E-state index contributed by atoms with van der Waals surface area (Å²) >= 11 is 12.2. The fourth-order valence-corrected chi connectivity index (χ4v) is 5.91. The normalized spacial score (nSPS) is 26.4. The van der Waals surface area contributed by atoms with Crippen LogP contribution in [0.2, 0.25) is 10.0 Å². The summed E-state index contributed by atoms with van der Waals surface area (Å²) in [6.45, 7) is 1.72. The van der Waals surface area contributed by atoms with Crippen molar-refractivity contribution in [2.24, 2.45) is 17.6 Å². The predicted octanol–water partition coefficient (Wildman–Crippen LogP) is 2.40. The number of halogens is 2. The largest absolute Gasteiger partial charge is 0.370 e.